The molecule has 8 nitrogen and oxygen atoms in total. The molecule has 86 heavy (non-hydrogen) atoms. The molecule has 14 unspecified atom stereocenters. The lowest BCUT2D eigenvalue weighted by Gasteiger charge is -2.56. The Labute approximate surface area is 500 Å². The predicted octanol–water partition coefficient (Wildman–Crippen LogP) is 11.8. The van der Waals surface area contributed by atoms with Crippen molar-refractivity contribution in [2.24, 2.45) is 17.4 Å². The summed E-state index contributed by atoms with van der Waals surface area (Å²) in [5, 5.41) is 35.4. The number of halogens is 2. The Kier molecular flexibility index (Phi) is 5.20. The molecule has 0 saturated carbocycles. The van der Waals surface area contributed by atoms with E-state index in [1.807, 2.05) is 161 Å². The second-order valence-electron chi connectivity index (χ2n) is 32.0. The van der Waals surface area contributed by atoms with E-state index in [2.05, 4.69) is 9.80 Å². The van der Waals surface area contributed by atoms with E-state index in [1.165, 1.54) is 0 Å². The minimum atomic E-state index is -0.171. The summed E-state index contributed by atoms with van der Waals surface area (Å²) in [6.07, 6.45) is 0. The van der Waals surface area contributed by atoms with Crippen LogP contribution in [0.25, 0.3) is 147 Å². The average molecular weight is 1150 g/mol. The quantitative estimate of drug-likeness (QED) is 0.0730. The zero-order chi connectivity index (χ0) is 51.6. The molecule has 21 aliphatic rings. The first kappa shape index (κ1) is 41.5. The molecule has 2 fully saturated rings. The highest BCUT2D eigenvalue weighted by atomic mass is 35.5. The number of benzene rings is 10. The predicted molar refractivity (Wildman–Crippen MR) is 337 cm³/mol. The van der Waals surface area contributed by atoms with Gasteiger partial charge in [-0.3, -0.25) is 9.80 Å². The van der Waals surface area contributed by atoms with Crippen molar-refractivity contribution in [1.82, 2.24) is 9.80 Å². The maximum absolute atomic E-state index is 6.68. The number of hydrogen-bond acceptors (Lipinski definition) is 8. The molecule has 2 heterocycles. The molecule has 4 N–H and O–H groups in total. The number of rotatable bonds is 16. The Bertz CT molecular complexity index is 6180. The maximum Gasteiger partial charge on any atom is 0.0701 e. The molecular weight excluding hydrogens is 1100 g/mol. The first-order chi connectivity index (χ1) is 41.8. The molecule has 14 atom stereocenters. The minimum absolute atomic E-state index is 0. The molecule has 2 aliphatic heterocycles. The van der Waals surface area contributed by atoms with Crippen LogP contribution in [0, 0.1) is 5.92 Å². The number of ether oxygens (including phenoxy) is 4. The Hall–Kier alpha value is -5.72. The molecule has 0 radical (unpaired) electrons. The van der Waals surface area contributed by atoms with Crippen molar-refractivity contribution >= 4 is 138 Å². The zero-order valence-electron chi connectivity index (χ0n) is 46.6. The standard InChI is InChI=1S/C76H46N4O4.2ClH/c77-1-5-81-9-11-83-7-3-79-13-73-65-51-41-30-21-17-18-20-25-19(17)26-23-28(21)36(41)47-39-32(23)43-34(26)45-38(25)46-35-27(20)24-29-22(18)31(30)42-37(29)48-40-33(24)44(35)56-60-50(40)62(58(48)66(73)52(42)51)72-64-63-69-59(49(39)61(57(47)65)71(63)76(72,73)16-79)55(43)67-53(45)54(46)68(56)75(70(60)64)15-80(14-74(67,69)75)4-8-84-12-10-82-6-2-78;;/h17,19,21,26,34,43,45,55,57,65H,1-16,77-78H2;2*1H. The van der Waals surface area contributed by atoms with Gasteiger partial charge in [-0.1, -0.05) is 0 Å². The number of hydrogen-bond donors (Lipinski definition) is 2. The van der Waals surface area contributed by atoms with Crippen LogP contribution in [0.5, 0.6) is 0 Å². The second-order valence-corrected chi connectivity index (χ2v) is 32.0. The second kappa shape index (κ2) is 10.8. The van der Waals surface area contributed by atoms with Gasteiger partial charge >= 0.3 is 0 Å². The van der Waals surface area contributed by atoms with Crippen molar-refractivity contribution in [2.75, 3.05) is 105 Å². The van der Waals surface area contributed by atoms with Crippen molar-refractivity contribution < 1.29 is 18.9 Å². The Morgan fingerprint density at radius 2 is 0.872 bits per heavy atom. The molecule has 4 spiro atoms. The highest BCUT2D eigenvalue weighted by Crippen LogP contribution is 2.97. The lowest BCUT2D eigenvalue weighted by molar-refractivity contribution is 0.0426. The van der Waals surface area contributed by atoms with Crippen LogP contribution in [0.4, 0.5) is 0 Å². The molecule has 0 aromatic heterocycles. The molecule has 2 saturated heterocycles. The minimum Gasteiger partial charge on any atom is -0.378 e. The van der Waals surface area contributed by atoms with Gasteiger partial charge in [0, 0.05) is 104 Å². The van der Waals surface area contributed by atoms with Gasteiger partial charge in [0.05, 0.1) is 58.3 Å². The van der Waals surface area contributed by atoms with E-state index in [9.17, 15) is 0 Å². The lowest BCUT2D eigenvalue weighted by atomic mass is 9.44. The van der Waals surface area contributed by atoms with Gasteiger partial charge in [0.2, 0.25) is 0 Å². The van der Waals surface area contributed by atoms with E-state index in [-0.39, 0.29) is 46.5 Å². The molecule has 0 amide bonds. The molecule has 0 bridgehead atoms. The van der Waals surface area contributed by atoms with E-state index in [0.29, 0.717) is 112 Å². The largest absolute Gasteiger partial charge is 0.378 e. The summed E-state index contributed by atoms with van der Waals surface area (Å²) in [7, 11) is 0. The molecule has 34 rings (SSSR count). The smallest absolute Gasteiger partial charge is 0.0701 e. The summed E-state index contributed by atoms with van der Waals surface area (Å²) in [6, 6.07) is 0. The fraction of sp³-hybridized carbons (Fsp3) is 0.395. The van der Waals surface area contributed by atoms with Gasteiger partial charge < -0.3 is 30.4 Å². The fourth-order valence-corrected chi connectivity index (χ4v) is 32.1. The Morgan fingerprint density at radius 3 is 1.64 bits per heavy atom. The van der Waals surface area contributed by atoms with Gasteiger partial charge in [0.1, 0.15) is 0 Å². The lowest BCUT2D eigenvalue weighted by Crippen LogP contribution is -2.56. The third kappa shape index (κ3) is 2.67. The number of nitrogens with zero attached hydrogens (tertiary/aromatic N) is 2. The van der Waals surface area contributed by atoms with Crippen molar-refractivity contribution in [3.05, 3.63) is 106 Å². The molecule has 410 valence electrons. The molecule has 13 aromatic rings. The first-order valence-electron chi connectivity index (χ1n) is 33.1. The van der Waals surface area contributed by atoms with Crippen LogP contribution in [0.15, 0.2) is 5.57 Å². The summed E-state index contributed by atoms with van der Waals surface area (Å²) in [4.78, 5) is 6.08. The van der Waals surface area contributed by atoms with Gasteiger partial charge in [-0.05, 0) is 276 Å². The third-order valence-electron chi connectivity index (χ3n) is 31.7. The summed E-state index contributed by atoms with van der Waals surface area (Å²) in [5.41, 5.74) is 60.5. The van der Waals surface area contributed by atoms with Crippen LogP contribution >= 0.6 is 24.8 Å². The topological polar surface area (TPSA) is 95.4 Å². The maximum atomic E-state index is 6.68. The zero-order valence-corrected chi connectivity index (χ0v) is 48.2. The van der Waals surface area contributed by atoms with Crippen molar-refractivity contribution in [3.63, 3.8) is 0 Å². The monoisotopic (exact) mass is 1150 g/mol. The molecule has 10 heteroatoms. The van der Waals surface area contributed by atoms with Crippen LogP contribution in [-0.4, -0.2) is 115 Å². The van der Waals surface area contributed by atoms with Crippen LogP contribution < -0.4 is 11.5 Å². The molecular formula is C76H48Cl2N4O4. The van der Waals surface area contributed by atoms with E-state index in [4.69, 9.17) is 30.4 Å². The van der Waals surface area contributed by atoms with Crippen molar-refractivity contribution in [3.8, 4) is 33.4 Å². The Balaban J connectivity index is 0.00000210. The van der Waals surface area contributed by atoms with Gasteiger partial charge in [-0.2, -0.15) is 0 Å². The Morgan fingerprint density at radius 1 is 0.326 bits per heavy atom. The van der Waals surface area contributed by atoms with E-state index < -0.39 is 0 Å². The number of allylic oxidation sites excluding steroid dienone is 1. The molecule has 19 aliphatic carbocycles. The van der Waals surface area contributed by atoms with Gasteiger partial charge in [-0.15, -0.1) is 24.8 Å². The number of likely N-dealkylation sites (tertiary alicyclic amines) is 2. The third-order valence-corrected chi connectivity index (χ3v) is 31.7. The summed E-state index contributed by atoms with van der Waals surface area (Å²) < 4.78 is 25.2. The van der Waals surface area contributed by atoms with Gasteiger partial charge in [0.25, 0.3) is 0 Å². The van der Waals surface area contributed by atoms with E-state index in [1.54, 1.807) is 91.6 Å². The highest BCUT2D eigenvalue weighted by Gasteiger charge is 2.87. The van der Waals surface area contributed by atoms with Crippen molar-refractivity contribution in [2.45, 2.75) is 74.9 Å². The first-order valence-corrected chi connectivity index (χ1v) is 33.1. The summed E-state index contributed by atoms with van der Waals surface area (Å²) in [5.74, 6) is 5.24. The van der Waals surface area contributed by atoms with E-state index in [0.717, 1.165) is 52.5 Å². The summed E-state index contributed by atoms with van der Waals surface area (Å²) in [6.45, 7) is 12.6. The van der Waals surface area contributed by atoms with E-state index >= 15 is 0 Å². The SMILES string of the molecule is Cl.Cl.NCCOCCOCCN1CC23C4=C5c6c7c8c9c(c%10c%11c%12c%13c%14c%15c%16c%17c%18c%19c%20c%21c%22c%23c(c6c6c%22c%22c%20c(c%15%19)c%13c(c%129)c%22c86)C5C5C6c8c9c(c-%17c%12c8C5C%23C%21C%12%18)C5c8c-9c(c2c-%10c8C%112CN(CCOCCOCCN)CC%142C%165)C46)C73C1. The van der Waals surface area contributed by atoms with Crippen LogP contribution in [-0.2, 0) is 40.6 Å². The fourth-order valence-electron chi connectivity index (χ4n) is 32.1. The number of nitrogens with two attached hydrogens (primary N) is 2. The van der Waals surface area contributed by atoms with Crippen LogP contribution in [0.2, 0.25) is 0 Å². The average Bonchev–Trinajstić information content (AvgIpc) is 1.38. The summed E-state index contributed by atoms with van der Waals surface area (Å²) >= 11 is 0. The van der Waals surface area contributed by atoms with Crippen molar-refractivity contribution in [1.29, 1.82) is 0 Å². The molecule has 13 aromatic carbocycles. The van der Waals surface area contributed by atoms with Gasteiger partial charge in [-0.25, -0.2) is 0 Å². The van der Waals surface area contributed by atoms with Crippen LogP contribution in [0.1, 0.15) is 153 Å². The normalized spacial score (nSPS) is 36.2. The van der Waals surface area contributed by atoms with Crippen LogP contribution in [0.3, 0.4) is 0 Å². The van der Waals surface area contributed by atoms with Gasteiger partial charge in [0.15, 0.2) is 0 Å². The highest BCUT2D eigenvalue weighted by molar-refractivity contribution is 6.65.